The van der Waals surface area contributed by atoms with E-state index in [4.69, 9.17) is 32.7 Å². The number of aliphatic hydroxyl groups excluding tert-OH is 1. The van der Waals surface area contributed by atoms with Gasteiger partial charge >= 0.3 is 0 Å². The fourth-order valence-electron chi connectivity index (χ4n) is 3.53. The fourth-order valence-corrected chi connectivity index (χ4v) is 4.17. The van der Waals surface area contributed by atoms with E-state index in [-0.39, 0.29) is 51.9 Å². The van der Waals surface area contributed by atoms with E-state index in [1.165, 1.54) is 24.1 Å². The number of rotatable bonds is 7. The van der Waals surface area contributed by atoms with Gasteiger partial charge in [-0.2, -0.15) is 0 Å². The number of amides is 1. The van der Waals surface area contributed by atoms with Crippen LogP contribution in [-0.4, -0.2) is 48.1 Å². The van der Waals surface area contributed by atoms with Crippen LogP contribution in [0.25, 0.3) is 5.76 Å². The van der Waals surface area contributed by atoms with Crippen LogP contribution in [0.3, 0.4) is 0 Å². The van der Waals surface area contributed by atoms with Crippen LogP contribution in [0.15, 0.2) is 48.0 Å². The van der Waals surface area contributed by atoms with Gasteiger partial charge in [-0.15, -0.1) is 0 Å². The van der Waals surface area contributed by atoms with Crippen molar-refractivity contribution < 1.29 is 24.2 Å². The van der Waals surface area contributed by atoms with E-state index < -0.39 is 17.7 Å². The molecule has 3 rings (SSSR count). The van der Waals surface area contributed by atoms with Gasteiger partial charge in [0.1, 0.15) is 5.76 Å². The van der Waals surface area contributed by atoms with Crippen molar-refractivity contribution >= 4 is 40.7 Å². The highest BCUT2D eigenvalue weighted by atomic mass is 35.5. The lowest BCUT2D eigenvalue weighted by atomic mass is 9.95. The minimum atomic E-state index is -0.779. The van der Waals surface area contributed by atoms with Gasteiger partial charge in [-0.25, -0.2) is 0 Å². The summed E-state index contributed by atoms with van der Waals surface area (Å²) in [5.41, 5.74) is 0.879. The third kappa shape index (κ3) is 4.71. The van der Waals surface area contributed by atoms with Gasteiger partial charge in [0, 0.05) is 12.1 Å². The molecule has 0 spiro atoms. The van der Waals surface area contributed by atoms with E-state index in [0.717, 1.165) is 0 Å². The molecule has 8 heteroatoms. The molecule has 0 bridgehead atoms. The number of nitrogens with zero attached hydrogens (tertiary/aromatic N) is 1. The lowest BCUT2D eigenvalue weighted by Crippen LogP contribution is -2.33. The molecular formula is C23H23Cl2NO5. The molecule has 1 N–H and O–H groups in total. The first-order valence-corrected chi connectivity index (χ1v) is 10.5. The Morgan fingerprint density at radius 3 is 2.29 bits per heavy atom. The van der Waals surface area contributed by atoms with Gasteiger partial charge < -0.3 is 19.5 Å². The molecule has 1 fully saturated rings. The average Bonchev–Trinajstić information content (AvgIpc) is 2.98. The zero-order valence-corrected chi connectivity index (χ0v) is 18.9. The molecule has 0 aliphatic carbocycles. The Kier molecular flexibility index (Phi) is 7.26. The normalized spacial score (nSPS) is 18.1. The Balaban J connectivity index is 2.12. The largest absolute Gasteiger partial charge is 0.507 e. The molecule has 1 amide bonds. The first-order chi connectivity index (χ1) is 14.8. The molecule has 0 radical (unpaired) electrons. The summed E-state index contributed by atoms with van der Waals surface area (Å²) in [4.78, 5) is 27.2. The summed E-state index contributed by atoms with van der Waals surface area (Å²) in [6.07, 6.45) is -0.0180. The van der Waals surface area contributed by atoms with Crippen LogP contribution >= 0.6 is 23.2 Å². The molecule has 6 nitrogen and oxygen atoms in total. The second kappa shape index (κ2) is 9.73. The van der Waals surface area contributed by atoms with Crippen LogP contribution in [0.4, 0.5) is 0 Å². The zero-order chi connectivity index (χ0) is 22.7. The van der Waals surface area contributed by atoms with Gasteiger partial charge in [-0.3, -0.25) is 9.59 Å². The van der Waals surface area contributed by atoms with Gasteiger partial charge in [0.25, 0.3) is 11.7 Å². The minimum absolute atomic E-state index is 0.0180. The van der Waals surface area contributed by atoms with Crippen molar-refractivity contribution in [1.29, 1.82) is 0 Å². The van der Waals surface area contributed by atoms with Crippen LogP contribution < -0.4 is 4.74 Å². The van der Waals surface area contributed by atoms with Gasteiger partial charge in [0.15, 0.2) is 5.75 Å². The van der Waals surface area contributed by atoms with Crippen LogP contribution in [0.2, 0.25) is 10.0 Å². The summed E-state index contributed by atoms with van der Waals surface area (Å²) in [7, 11) is 1.42. The Bertz CT molecular complexity index is 997. The SMILES string of the molecule is COc1c(Cl)cc(/C(O)=C2\C(=O)C(=O)N(CCOC(C)C)C2c2ccccc2)cc1Cl. The van der Waals surface area contributed by atoms with Gasteiger partial charge in [-0.05, 0) is 31.5 Å². The van der Waals surface area contributed by atoms with Crippen molar-refractivity contribution in [3.8, 4) is 5.75 Å². The molecular weight excluding hydrogens is 441 g/mol. The number of Topliss-reactive ketones (excluding diaryl/α,β-unsaturated/α-hetero) is 1. The molecule has 1 unspecified atom stereocenters. The van der Waals surface area contributed by atoms with E-state index in [1.54, 1.807) is 24.3 Å². The number of halogens is 2. The van der Waals surface area contributed by atoms with Gasteiger partial charge in [0.05, 0.1) is 41.5 Å². The maximum absolute atomic E-state index is 13.0. The number of benzene rings is 2. The lowest BCUT2D eigenvalue weighted by molar-refractivity contribution is -0.140. The standard InChI is InChI=1S/C23H23Cl2NO5/c1-13(2)31-10-9-26-19(14-7-5-4-6-8-14)18(21(28)23(26)29)20(27)15-11-16(24)22(30-3)17(25)12-15/h4-8,11-13,19,27H,9-10H2,1-3H3/b20-18+. The Labute approximate surface area is 191 Å². The number of ether oxygens (including phenoxy) is 2. The number of aliphatic hydroxyl groups is 1. The summed E-state index contributed by atoms with van der Waals surface area (Å²) in [6, 6.07) is 11.2. The van der Waals surface area contributed by atoms with Crippen molar-refractivity contribution in [1.82, 2.24) is 4.90 Å². The Morgan fingerprint density at radius 1 is 1.13 bits per heavy atom. The number of likely N-dealkylation sites (tertiary alicyclic amines) is 1. The molecule has 1 heterocycles. The van der Waals surface area contributed by atoms with Gasteiger partial charge in [0.2, 0.25) is 0 Å². The molecule has 0 aromatic heterocycles. The molecule has 0 saturated carbocycles. The number of carbonyl (C=O) groups excluding carboxylic acids is 2. The molecule has 31 heavy (non-hydrogen) atoms. The summed E-state index contributed by atoms with van der Waals surface area (Å²) in [6.45, 7) is 4.23. The second-order valence-corrected chi connectivity index (χ2v) is 8.11. The van der Waals surface area contributed by atoms with Crippen molar-refractivity contribution in [2.45, 2.75) is 26.0 Å². The highest BCUT2D eigenvalue weighted by Gasteiger charge is 2.45. The topological polar surface area (TPSA) is 76.1 Å². The number of methoxy groups -OCH3 is 1. The van der Waals surface area contributed by atoms with Crippen molar-refractivity contribution in [2.75, 3.05) is 20.3 Å². The zero-order valence-electron chi connectivity index (χ0n) is 17.4. The Morgan fingerprint density at radius 2 is 1.74 bits per heavy atom. The molecule has 1 atom stereocenters. The average molecular weight is 464 g/mol. The monoisotopic (exact) mass is 463 g/mol. The van der Waals surface area contributed by atoms with E-state index in [1.807, 2.05) is 19.9 Å². The number of hydrogen-bond donors (Lipinski definition) is 1. The molecule has 2 aromatic rings. The summed E-state index contributed by atoms with van der Waals surface area (Å²) >= 11 is 12.4. The highest BCUT2D eigenvalue weighted by molar-refractivity contribution is 6.46. The molecule has 1 aliphatic heterocycles. The van der Waals surface area contributed by atoms with E-state index in [0.29, 0.717) is 5.56 Å². The van der Waals surface area contributed by atoms with Crippen LogP contribution in [0.1, 0.15) is 31.0 Å². The number of carbonyl (C=O) groups is 2. The maximum atomic E-state index is 13.0. The summed E-state index contributed by atoms with van der Waals surface area (Å²) in [5.74, 6) is -1.58. The predicted octanol–water partition coefficient (Wildman–Crippen LogP) is 4.85. The number of hydrogen-bond acceptors (Lipinski definition) is 5. The Hall–Kier alpha value is -2.54. The predicted molar refractivity (Wildman–Crippen MR) is 120 cm³/mol. The third-order valence-corrected chi connectivity index (χ3v) is 5.48. The molecule has 164 valence electrons. The minimum Gasteiger partial charge on any atom is -0.507 e. The van der Waals surface area contributed by atoms with Crippen molar-refractivity contribution in [3.63, 3.8) is 0 Å². The quantitative estimate of drug-likeness (QED) is 0.360. The van der Waals surface area contributed by atoms with Gasteiger partial charge in [-0.1, -0.05) is 53.5 Å². The summed E-state index contributed by atoms with van der Waals surface area (Å²) in [5, 5.41) is 11.4. The maximum Gasteiger partial charge on any atom is 0.295 e. The highest BCUT2D eigenvalue weighted by Crippen LogP contribution is 2.41. The molecule has 2 aromatic carbocycles. The first kappa shape index (κ1) is 23.1. The van der Waals surface area contributed by atoms with Crippen LogP contribution in [0.5, 0.6) is 5.75 Å². The summed E-state index contributed by atoms with van der Waals surface area (Å²) < 4.78 is 10.7. The molecule has 1 saturated heterocycles. The number of ketones is 1. The third-order valence-electron chi connectivity index (χ3n) is 4.91. The van der Waals surface area contributed by atoms with Crippen LogP contribution in [-0.2, 0) is 14.3 Å². The fraction of sp³-hybridized carbons (Fsp3) is 0.304. The van der Waals surface area contributed by atoms with Crippen LogP contribution in [0, 0.1) is 0 Å². The van der Waals surface area contributed by atoms with E-state index in [2.05, 4.69) is 0 Å². The second-order valence-electron chi connectivity index (χ2n) is 7.30. The van der Waals surface area contributed by atoms with E-state index >= 15 is 0 Å². The smallest absolute Gasteiger partial charge is 0.295 e. The van der Waals surface area contributed by atoms with Crippen molar-refractivity contribution in [3.05, 3.63) is 69.2 Å². The van der Waals surface area contributed by atoms with Crippen molar-refractivity contribution in [2.24, 2.45) is 0 Å². The molecule has 1 aliphatic rings. The first-order valence-electron chi connectivity index (χ1n) is 9.74. The lowest BCUT2D eigenvalue weighted by Gasteiger charge is -2.25. The van der Waals surface area contributed by atoms with E-state index in [9.17, 15) is 14.7 Å².